The zero-order valence-electron chi connectivity index (χ0n) is 10.7. The van der Waals surface area contributed by atoms with Crippen LogP contribution >= 0.6 is 15.9 Å². The van der Waals surface area contributed by atoms with E-state index in [0.717, 1.165) is 29.3 Å². The minimum absolute atomic E-state index is 0.238. The standard InChI is InChI=1S/C15H21BrO/c1-3-5-8-12(4-2)15(17)11-13-9-6-7-10-14(13)16/h6-7,9-10,12H,3-5,8,11H2,1-2H3. The smallest absolute Gasteiger partial charge is 0.140 e. The quantitative estimate of drug-likeness (QED) is 0.708. The molecule has 1 atom stereocenters. The van der Waals surface area contributed by atoms with Crippen molar-refractivity contribution >= 4 is 21.7 Å². The summed E-state index contributed by atoms with van der Waals surface area (Å²) in [6, 6.07) is 7.98. The second-order valence-electron chi connectivity index (χ2n) is 4.48. The summed E-state index contributed by atoms with van der Waals surface area (Å²) in [5.41, 5.74) is 1.10. The highest BCUT2D eigenvalue weighted by Gasteiger charge is 2.16. The molecular weight excluding hydrogens is 276 g/mol. The van der Waals surface area contributed by atoms with Crippen LogP contribution < -0.4 is 0 Å². The van der Waals surface area contributed by atoms with Gasteiger partial charge in [-0.25, -0.2) is 0 Å². The minimum atomic E-state index is 0.238. The molecule has 1 aromatic carbocycles. The Morgan fingerprint density at radius 1 is 1.29 bits per heavy atom. The molecule has 0 aromatic heterocycles. The molecule has 1 unspecified atom stereocenters. The van der Waals surface area contributed by atoms with Gasteiger partial charge < -0.3 is 0 Å². The number of halogens is 1. The number of carbonyl (C=O) groups excluding carboxylic acids is 1. The normalized spacial score (nSPS) is 12.4. The number of Topliss-reactive ketones (excluding diaryl/α,β-unsaturated/α-hetero) is 1. The molecule has 0 N–H and O–H groups in total. The monoisotopic (exact) mass is 296 g/mol. The fourth-order valence-electron chi connectivity index (χ4n) is 2.02. The van der Waals surface area contributed by atoms with Crippen LogP contribution in [0.25, 0.3) is 0 Å². The van der Waals surface area contributed by atoms with Crippen LogP contribution in [0.3, 0.4) is 0 Å². The fourth-order valence-corrected chi connectivity index (χ4v) is 2.44. The number of carbonyl (C=O) groups is 1. The number of hydrogen-bond acceptors (Lipinski definition) is 1. The first kappa shape index (κ1) is 14.4. The van der Waals surface area contributed by atoms with Gasteiger partial charge in [-0.1, -0.05) is 60.8 Å². The Balaban J connectivity index is 2.61. The lowest BCUT2D eigenvalue weighted by Crippen LogP contribution is -2.16. The van der Waals surface area contributed by atoms with Crippen molar-refractivity contribution in [3.05, 3.63) is 34.3 Å². The summed E-state index contributed by atoms with van der Waals surface area (Å²) in [7, 11) is 0. The molecular formula is C15H21BrO. The predicted molar refractivity (Wildman–Crippen MR) is 76.2 cm³/mol. The van der Waals surface area contributed by atoms with Gasteiger partial charge in [-0.15, -0.1) is 0 Å². The number of benzene rings is 1. The van der Waals surface area contributed by atoms with Gasteiger partial charge in [0.1, 0.15) is 5.78 Å². The SMILES string of the molecule is CCCCC(CC)C(=O)Cc1ccccc1Br. The van der Waals surface area contributed by atoms with Crippen molar-refractivity contribution in [1.82, 2.24) is 0 Å². The molecule has 0 fully saturated rings. The zero-order valence-corrected chi connectivity index (χ0v) is 12.3. The Labute approximate surface area is 113 Å². The van der Waals surface area contributed by atoms with Crippen LogP contribution in [-0.2, 0) is 11.2 Å². The number of rotatable bonds is 7. The van der Waals surface area contributed by atoms with E-state index in [1.807, 2.05) is 24.3 Å². The molecule has 0 aliphatic heterocycles. The summed E-state index contributed by atoms with van der Waals surface area (Å²) in [6.45, 7) is 4.28. The predicted octanol–water partition coefficient (Wildman–Crippen LogP) is 4.78. The second kappa shape index (κ2) is 7.65. The minimum Gasteiger partial charge on any atom is -0.299 e. The summed E-state index contributed by atoms with van der Waals surface area (Å²) in [6.07, 6.45) is 4.88. The van der Waals surface area contributed by atoms with Crippen molar-refractivity contribution in [3.8, 4) is 0 Å². The highest BCUT2D eigenvalue weighted by Crippen LogP contribution is 2.21. The molecule has 0 radical (unpaired) electrons. The average Bonchev–Trinajstić information content (AvgIpc) is 2.33. The van der Waals surface area contributed by atoms with Crippen LogP contribution in [0.15, 0.2) is 28.7 Å². The van der Waals surface area contributed by atoms with Gasteiger partial charge in [-0.3, -0.25) is 4.79 Å². The molecule has 94 valence electrons. The molecule has 1 nitrogen and oxygen atoms in total. The summed E-state index contributed by atoms with van der Waals surface area (Å²) in [5, 5.41) is 0. The summed E-state index contributed by atoms with van der Waals surface area (Å²) < 4.78 is 1.04. The van der Waals surface area contributed by atoms with Crippen molar-refractivity contribution < 1.29 is 4.79 Å². The van der Waals surface area contributed by atoms with Crippen LogP contribution in [0.2, 0.25) is 0 Å². The van der Waals surface area contributed by atoms with Gasteiger partial charge in [-0.05, 0) is 24.5 Å². The van der Waals surface area contributed by atoms with E-state index in [2.05, 4.69) is 29.8 Å². The van der Waals surface area contributed by atoms with E-state index in [1.54, 1.807) is 0 Å². The summed E-state index contributed by atoms with van der Waals surface area (Å²) in [4.78, 5) is 12.2. The third kappa shape index (κ3) is 4.63. The lowest BCUT2D eigenvalue weighted by Gasteiger charge is -2.13. The van der Waals surface area contributed by atoms with Crippen LogP contribution in [0.1, 0.15) is 45.1 Å². The van der Waals surface area contributed by atoms with Gasteiger partial charge in [0, 0.05) is 16.8 Å². The first-order valence-corrected chi connectivity index (χ1v) is 7.24. The molecule has 0 bridgehead atoms. The first-order chi connectivity index (χ1) is 8.19. The molecule has 0 amide bonds. The largest absolute Gasteiger partial charge is 0.299 e. The maximum atomic E-state index is 12.2. The molecule has 0 saturated heterocycles. The molecule has 0 saturated carbocycles. The Bertz CT molecular complexity index is 360. The lowest BCUT2D eigenvalue weighted by atomic mass is 9.91. The van der Waals surface area contributed by atoms with Gasteiger partial charge in [-0.2, -0.15) is 0 Å². The molecule has 0 heterocycles. The van der Waals surface area contributed by atoms with Crippen LogP contribution in [0, 0.1) is 5.92 Å². The van der Waals surface area contributed by atoms with Crippen LogP contribution in [0.5, 0.6) is 0 Å². The highest BCUT2D eigenvalue weighted by molar-refractivity contribution is 9.10. The van der Waals surface area contributed by atoms with Crippen molar-refractivity contribution in [2.75, 3.05) is 0 Å². The van der Waals surface area contributed by atoms with Crippen LogP contribution in [0.4, 0.5) is 0 Å². The van der Waals surface area contributed by atoms with Crippen molar-refractivity contribution in [2.45, 2.75) is 46.0 Å². The number of hydrogen-bond donors (Lipinski definition) is 0. The van der Waals surface area contributed by atoms with Gasteiger partial charge in [0.2, 0.25) is 0 Å². The molecule has 17 heavy (non-hydrogen) atoms. The van der Waals surface area contributed by atoms with Gasteiger partial charge in [0.25, 0.3) is 0 Å². The van der Waals surface area contributed by atoms with E-state index in [4.69, 9.17) is 0 Å². The fraction of sp³-hybridized carbons (Fsp3) is 0.533. The van der Waals surface area contributed by atoms with E-state index in [0.29, 0.717) is 12.2 Å². The topological polar surface area (TPSA) is 17.1 Å². The Hall–Kier alpha value is -0.630. The molecule has 0 aliphatic carbocycles. The molecule has 1 aromatic rings. The molecule has 2 heteroatoms. The second-order valence-corrected chi connectivity index (χ2v) is 5.34. The van der Waals surface area contributed by atoms with E-state index in [1.165, 1.54) is 6.42 Å². The zero-order chi connectivity index (χ0) is 12.7. The van der Waals surface area contributed by atoms with E-state index < -0.39 is 0 Å². The Morgan fingerprint density at radius 2 is 2.00 bits per heavy atom. The number of ketones is 1. The summed E-state index contributed by atoms with van der Waals surface area (Å²) in [5.74, 6) is 0.620. The Morgan fingerprint density at radius 3 is 2.59 bits per heavy atom. The maximum Gasteiger partial charge on any atom is 0.140 e. The van der Waals surface area contributed by atoms with Gasteiger partial charge >= 0.3 is 0 Å². The lowest BCUT2D eigenvalue weighted by molar-refractivity contribution is -0.122. The van der Waals surface area contributed by atoms with Crippen LogP contribution in [-0.4, -0.2) is 5.78 Å². The third-order valence-corrected chi connectivity index (χ3v) is 3.95. The van der Waals surface area contributed by atoms with Crippen molar-refractivity contribution in [2.24, 2.45) is 5.92 Å². The third-order valence-electron chi connectivity index (χ3n) is 3.18. The summed E-state index contributed by atoms with van der Waals surface area (Å²) >= 11 is 3.50. The highest BCUT2D eigenvalue weighted by atomic mass is 79.9. The average molecular weight is 297 g/mol. The maximum absolute atomic E-state index is 12.2. The molecule has 1 rings (SSSR count). The van der Waals surface area contributed by atoms with Gasteiger partial charge in [0.15, 0.2) is 0 Å². The molecule has 0 aliphatic rings. The first-order valence-electron chi connectivity index (χ1n) is 6.45. The molecule has 0 spiro atoms. The van der Waals surface area contributed by atoms with E-state index in [-0.39, 0.29) is 5.92 Å². The van der Waals surface area contributed by atoms with Gasteiger partial charge in [0.05, 0.1) is 0 Å². The van der Waals surface area contributed by atoms with E-state index >= 15 is 0 Å². The number of unbranched alkanes of at least 4 members (excludes halogenated alkanes) is 1. The van der Waals surface area contributed by atoms with E-state index in [9.17, 15) is 4.79 Å². The van der Waals surface area contributed by atoms with Crippen molar-refractivity contribution in [1.29, 1.82) is 0 Å². The Kier molecular flexibility index (Phi) is 6.49. The van der Waals surface area contributed by atoms with Crippen molar-refractivity contribution in [3.63, 3.8) is 0 Å².